The van der Waals surface area contributed by atoms with Gasteiger partial charge in [-0.25, -0.2) is 14.0 Å². The number of benzene rings is 2. The first-order valence-corrected chi connectivity index (χ1v) is 9.45. The van der Waals surface area contributed by atoms with Crippen LogP contribution in [0.15, 0.2) is 47.3 Å². The maximum absolute atomic E-state index is 13.0. The molecule has 5 nitrogen and oxygen atoms in total. The number of rotatable bonds is 6. The van der Waals surface area contributed by atoms with Crippen LogP contribution in [0.25, 0.3) is 17.1 Å². The molecule has 1 N–H and O–H groups in total. The van der Waals surface area contributed by atoms with Crippen LogP contribution in [-0.4, -0.2) is 27.9 Å². The van der Waals surface area contributed by atoms with Gasteiger partial charge in [0.1, 0.15) is 0 Å². The highest BCUT2D eigenvalue weighted by atomic mass is 35.5. The fourth-order valence-electron chi connectivity index (χ4n) is 2.84. The Hall–Kier alpha value is -2.29. The van der Waals surface area contributed by atoms with Crippen molar-refractivity contribution in [3.8, 4) is 17.1 Å². The summed E-state index contributed by atoms with van der Waals surface area (Å²) >= 11 is 12.2. The Bertz CT molecular complexity index is 1060. The van der Waals surface area contributed by atoms with Crippen molar-refractivity contribution in [1.82, 2.24) is 19.7 Å². The van der Waals surface area contributed by atoms with E-state index >= 15 is 0 Å². The molecule has 29 heavy (non-hydrogen) atoms. The highest BCUT2D eigenvalue weighted by molar-refractivity contribution is 6.36. The molecule has 0 saturated carbocycles. The summed E-state index contributed by atoms with van der Waals surface area (Å²) in [5.41, 5.74) is -0.576. The van der Waals surface area contributed by atoms with E-state index in [1.54, 1.807) is 19.2 Å². The Kier molecular flexibility index (Phi) is 6.36. The fourth-order valence-corrected chi connectivity index (χ4v) is 3.33. The number of aryl methyl sites for hydroxylation is 1. The third-order valence-electron chi connectivity index (χ3n) is 4.26. The Morgan fingerprint density at radius 3 is 2.38 bits per heavy atom. The summed E-state index contributed by atoms with van der Waals surface area (Å²) in [6.07, 6.45) is -3.82. The Morgan fingerprint density at radius 2 is 1.79 bits per heavy atom. The largest absolute Gasteiger partial charge is 0.416 e. The van der Waals surface area contributed by atoms with E-state index in [-0.39, 0.29) is 16.5 Å². The zero-order valence-electron chi connectivity index (χ0n) is 15.3. The van der Waals surface area contributed by atoms with Crippen molar-refractivity contribution in [1.29, 1.82) is 0 Å². The monoisotopic (exact) mass is 444 g/mol. The molecule has 0 fully saturated rings. The zero-order valence-corrected chi connectivity index (χ0v) is 16.8. The van der Waals surface area contributed by atoms with E-state index in [4.69, 9.17) is 23.2 Å². The van der Waals surface area contributed by atoms with Crippen molar-refractivity contribution < 1.29 is 13.2 Å². The number of alkyl halides is 3. The number of halogens is 5. The maximum atomic E-state index is 13.0. The van der Waals surface area contributed by atoms with Gasteiger partial charge < -0.3 is 5.32 Å². The van der Waals surface area contributed by atoms with Gasteiger partial charge in [-0.15, -0.1) is 5.10 Å². The smallest absolute Gasteiger partial charge is 0.320 e. The van der Waals surface area contributed by atoms with Crippen molar-refractivity contribution in [2.24, 2.45) is 0 Å². The molecule has 0 aliphatic rings. The number of nitrogens with zero attached hydrogens (tertiary/aromatic N) is 3. The molecule has 0 bridgehead atoms. The Labute approximate surface area is 174 Å². The molecule has 0 aliphatic carbocycles. The SMILES string of the molecule is CNCCCn1nc(-c2ccc(Cl)cc2Cl)n(-c2ccc(C(F)(F)F)cc2)c1=O. The second-order valence-electron chi connectivity index (χ2n) is 6.29. The van der Waals surface area contributed by atoms with E-state index in [0.717, 1.165) is 12.1 Å². The van der Waals surface area contributed by atoms with E-state index in [2.05, 4.69) is 10.4 Å². The van der Waals surface area contributed by atoms with Gasteiger partial charge in [-0.05, 0) is 62.5 Å². The quantitative estimate of drug-likeness (QED) is 0.563. The molecule has 3 rings (SSSR count). The molecule has 0 atom stereocenters. The van der Waals surface area contributed by atoms with Gasteiger partial charge in [0.25, 0.3) is 0 Å². The average Bonchev–Trinajstić information content (AvgIpc) is 2.97. The highest BCUT2D eigenvalue weighted by Gasteiger charge is 2.30. The average molecular weight is 445 g/mol. The first-order valence-electron chi connectivity index (χ1n) is 8.70. The van der Waals surface area contributed by atoms with Gasteiger partial charge in [0, 0.05) is 17.1 Å². The molecule has 2 aromatic carbocycles. The molecule has 0 unspecified atom stereocenters. The predicted molar refractivity (Wildman–Crippen MR) is 107 cm³/mol. The van der Waals surface area contributed by atoms with Gasteiger partial charge in [0.2, 0.25) is 0 Å². The number of hydrogen-bond donors (Lipinski definition) is 1. The summed E-state index contributed by atoms with van der Waals surface area (Å²) in [7, 11) is 1.79. The molecular weight excluding hydrogens is 428 g/mol. The molecule has 154 valence electrons. The van der Waals surface area contributed by atoms with Crippen LogP contribution in [0.2, 0.25) is 10.0 Å². The van der Waals surface area contributed by atoms with Gasteiger partial charge in [-0.1, -0.05) is 23.2 Å². The van der Waals surface area contributed by atoms with Gasteiger partial charge in [-0.2, -0.15) is 13.2 Å². The zero-order chi connectivity index (χ0) is 21.2. The van der Waals surface area contributed by atoms with E-state index in [0.29, 0.717) is 30.1 Å². The Morgan fingerprint density at radius 1 is 1.10 bits per heavy atom. The van der Waals surface area contributed by atoms with E-state index in [9.17, 15) is 18.0 Å². The third kappa shape index (κ3) is 4.66. The van der Waals surface area contributed by atoms with Gasteiger partial charge in [0.05, 0.1) is 16.3 Å². The van der Waals surface area contributed by atoms with Crippen LogP contribution in [0, 0.1) is 0 Å². The number of nitrogens with one attached hydrogen (secondary N) is 1. The molecule has 1 heterocycles. The minimum atomic E-state index is -4.47. The summed E-state index contributed by atoms with van der Waals surface area (Å²) in [4.78, 5) is 13.0. The van der Waals surface area contributed by atoms with Crippen molar-refractivity contribution in [3.05, 3.63) is 68.6 Å². The summed E-state index contributed by atoms with van der Waals surface area (Å²) in [6.45, 7) is 1.02. The third-order valence-corrected chi connectivity index (χ3v) is 4.81. The van der Waals surface area contributed by atoms with Crippen LogP contribution in [0.4, 0.5) is 13.2 Å². The minimum Gasteiger partial charge on any atom is -0.320 e. The standard InChI is InChI=1S/C19H17Cl2F3N4O/c1-25-9-2-10-27-18(29)28(14-6-3-12(4-7-14)19(22,23)24)17(26-27)15-8-5-13(20)11-16(15)21/h3-8,11,25H,2,9-10H2,1H3. The van der Waals surface area contributed by atoms with Crippen molar-refractivity contribution >= 4 is 23.2 Å². The molecule has 0 spiro atoms. The molecule has 0 aliphatic heterocycles. The maximum Gasteiger partial charge on any atom is 0.416 e. The molecule has 3 aromatic rings. The van der Waals surface area contributed by atoms with E-state index < -0.39 is 17.4 Å². The molecule has 0 saturated heterocycles. The summed E-state index contributed by atoms with van der Waals surface area (Å²) in [5.74, 6) is 0.223. The van der Waals surface area contributed by atoms with Crippen LogP contribution < -0.4 is 11.0 Å². The lowest BCUT2D eigenvalue weighted by Crippen LogP contribution is -2.25. The minimum absolute atomic E-state index is 0.223. The lowest BCUT2D eigenvalue weighted by atomic mass is 10.1. The van der Waals surface area contributed by atoms with Crippen molar-refractivity contribution in [3.63, 3.8) is 0 Å². The normalized spacial score (nSPS) is 11.8. The topological polar surface area (TPSA) is 51.9 Å². The Balaban J connectivity index is 2.14. The van der Waals surface area contributed by atoms with Gasteiger partial charge >= 0.3 is 11.9 Å². The first-order chi connectivity index (χ1) is 13.7. The van der Waals surface area contributed by atoms with Crippen LogP contribution in [0.3, 0.4) is 0 Å². The molecule has 0 radical (unpaired) electrons. The van der Waals surface area contributed by atoms with Gasteiger partial charge in [0.15, 0.2) is 5.82 Å². The second kappa shape index (κ2) is 8.61. The van der Waals surface area contributed by atoms with Crippen LogP contribution in [-0.2, 0) is 12.7 Å². The summed E-state index contributed by atoms with van der Waals surface area (Å²) < 4.78 is 41.2. The van der Waals surface area contributed by atoms with Gasteiger partial charge in [-0.3, -0.25) is 0 Å². The number of hydrogen-bond acceptors (Lipinski definition) is 3. The lowest BCUT2D eigenvalue weighted by Gasteiger charge is -2.10. The molecule has 10 heteroatoms. The summed E-state index contributed by atoms with van der Waals surface area (Å²) in [5, 5.41) is 8.05. The molecular formula is C19H17Cl2F3N4O. The lowest BCUT2D eigenvalue weighted by molar-refractivity contribution is -0.137. The summed E-state index contributed by atoms with van der Waals surface area (Å²) in [6, 6.07) is 9.05. The second-order valence-corrected chi connectivity index (χ2v) is 7.13. The van der Waals surface area contributed by atoms with Crippen molar-refractivity contribution in [2.75, 3.05) is 13.6 Å². The molecule has 0 amide bonds. The van der Waals surface area contributed by atoms with Crippen LogP contribution >= 0.6 is 23.2 Å². The van der Waals surface area contributed by atoms with Crippen molar-refractivity contribution in [2.45, 2.75) is 19.1 Å². The number of aromatic nitrogens is 3. The van der Waals surface area contributed by atoms with E-state index in [1.165, 1.54) is 27.4 Å². The predicted octanol–water partition coefficient (Wildman–Crippen LogP) is 4.64. The van der Waals surface area contributed by atoms with Crippen LogP contribution in [0.1, 0.15) is 12.0 Å². The first kappa shape index (κ1) is 21.4. The fraction of sp³-hybridized carbons (Fsp3) is 0.263. The van der Waals surface area contributed by atoms with Crippen LogP contribution in [0.5, 0.6) is 0 Å². The molecule has 1 aromatic heterocycles. The highest BCUT2D eigenvalue weighted by Crippen LogP contribution is 2.32. The van der Waals surface area contributed by atoms with E-state index in [1.807, 2.05) is 0 Å².